The number of amides is 2. The van der Waals surface area contributed by atoms with Gasteiger partial charge in [-0.05, 0) is 37.8 Å². The summed E-state index contributed by atoms with van der Waals surface area (Å²) in [6, 6.07) is 1.86. The Bertz CT molecular complexity index is 674. The Labute approximate surface area is 149 Å². The summed E-state index contributed by atoms with van der Waals surface area (Å²) in [5.74, 6) is 0. The van der Waals surface area contributed by atoms with Crippen LogP contribution in [0.1, 0.15) is 44.1 Å². The highest BCUT2D eigenvalue weighted by Crippen LogP contribution is 2.24. The minimum atomic E-state index is -3.70. The number of pyridine rings is 1. The second-order valence-electron chi connectivity index (χ2n) is 6.40. The number of carbonyl (C=O) groups is 1. The Morgan fingerprint density at radius 2 is 2.08 bits per heavy atom. The summed E-state index contributed by atoms with van der Waals surface area (Å²) in [6.07, 6.45) is 9.18. The molecule has 1 saturated carbocycles. The number of nitrogens with one attached hydrogen (secondary N) is 2. The molecule has 1 aromatic rings. The summed E-state index contributed by atoms with van der Waals surface area (Å²) >= 11 is 0. The first-order chi connectivity index (χ1) is 11.9. The molecule has 0 radical (unpaired) electrons. The molecule has 1 aromatic heterocycles. The fourth-order valence-electron chi connectivity index (χ4n) is 3.09. The highest BCUT2D eigenvalue weighted by atomic mass is 32.2. The Kier molecular flexibility index (Phi) is 7.15. The minimum Gasteiger partial charge on any atom is -0.322 e. The summed E-state index contributed by atoms with van der Waals surface area (Å²) in [6.45, 7) is 2.60. The van der Waals surface area contributed by atoms with Gasteiger partial charge in [-0.3, -0.25) is 4.98 Å². The first-order valence-corrected chi connectivity index (χ1v) is 10.2. The van der Waals surface area contributed by atoms with E-state index in [1.54, 1.807) is 12.4 Å². The summed E-state index contributed by atoms with van der Waals surface area (Å²) in [4.78, 5) is 18.6. The van der Waals surface area contributed by atoms with E-state index in [-0.39, 0.29) is 18.6 Å². The molecular formula is C16H27N5O3S. The Morgan fingerprint density at radius 3 is 2.72 bits per heavy atom. The highest BCUT2D eigenvalue weighted by Gasteiger charge is 2.25. The van der Waals surface area contributed by atoms with Gasteiger partial charge in [-0.2, -0.15) is 8.42 Å². The summed E-state index contributed by atoms with van der Waals surface area (Å²) in [5, 5.41) is 7.86. The normalized spacial score (nSPS) is 15.8. The summed E-state index contributed by atoms with van der Waals surface area (Å²) < 4.78 is 24.2. The quantitative estimate of drug-likeness (QED) is 0.635. The zero-order valence-electron chi connectivity index (χ0n) is 14.6. The largest absolute Gasteiger partial charge is 0.322 e. The second-order valence-corrected chi connectivity index (χ2v) is 7.78. The van der Waals surface area contributed by atoms with Crippen LogP contribution in [0.25, 0.3) is 0 Å². The van der Waals surface area contributed by atoms with E-state index in [9.17, 15) is 13.2 Å². The molecule has 2 amide bonds. The average Bonchev–Trinajstić information content (AvgIpc) is 2.56. The number of carbonyl (C=O) groups excluding carboxylic acids is 1. The van der Waals surface area contributed by atoms with E-state index < -0.39 is 10.2 Å². The minimum absolute atomic E-state index is 0.168. The number of hydrogen-bond acceptors (Lipinski definition) is 4. The van der Waals surface area contributed by atoms with Crippen LogP contribution in [0.5, 0.6) is 0 Å². The monoisotopic (exact) mass is 369 g/mol. The molecule has 1 heterocycles. The van der Waals surface area contributed by atoms with Gasteiger partial charge in [0.2, 0.25) is 0 Å². The van der Waals surface area contributed by atoms with Gasteiger partial charge in [-0.15, -0.1) is 0 Å². The van der Waals surface area contributed by atoms with E-state index in [1.165, 1.54) is 6.42 Å². The van der Waals surface area contributed by atoms with Gasteiger partial charge in [-0.1, -0.05) is 19.3 Å². The molecule has 9 heteroatoms. The molecule has 0 aliphatic heterocycles. The molecule has 4 N–H and O–H groups in total. The number of nitrogens with zero attached hydrogens (tertiary/aromatic N) is 2. The lowest BCUT2D eigenvalue weighted by Gasteiger charge is -2.34. The van der Waals surface area contributed by atoms with Crippen molar-refractivity contribution in [3.63, 3.8) is 0 Å². The van der Waals surface area contributed by atoms with Crippen LogP contribution in [-0.2, 0) is 10.2 Å². The summed E-state index contributed by atoms with van der Waals surface area (Å²) in [7, 11) is -3.70. The van der Waals surface area contributed by atoms with Gasteiger partial charge in [0.1, 0.15) is 0 Å². The molecule has 1 fully saturated rings. The van der Waals surface area contributed by atoms with Gasteiger partial charge in [0, 0.05) is 25.3 Å². The molecule has 0 aromatic carbocycles. The van der Waals surface area contributed by atoms with Crippen molar-refractivity contribution in [2.75, 3.05) is 18.4 Å². The van der Waals surface area contributed by atoms with E-state index in [0.717, 1.165) is 31.2 Å². The first kappa shape index (κ1) is 19.6. The fraction of sp³-hybridized carbons (Fsp3) is 0.625. The van der Waals surface area contributed by atoms with Crippen LogP contribution in [0, 0.1) is 6.92 Å². The van der Waals surface area contributed by atoms with Crippen LogP contribution in [0.3, 0.4) is 0 Å². The molecule has 8 nitrogen and oxygen atoms in total. The number of nitrogens with two attached hydrogens (primary N) is 1. The third-order valence-electron chi connectivity index (χ3n) is 4.44. The smallest absolute Gasteiger partial charge is 0.322 e. The Morgan fingerprint density at radius 1 is 1.36 bits per heavy atom. The zero-order chi connectivity index (χ0) is 18.3. The first-order valence-electron chi connectivity index (χ1n) is 8.62. The predicted molar refractivity (Wildman–Crippen MR) is 97.3 cm³/mol. The van der Waals surface area contributed by atoms with Crippen LogP contribution < -0.4 is 15.2 Å². The van der Waals surface area contributed by atoms with E-state index in [1.807, 2.05) is 17.9 Å². The van der Waals surface area contributed by atoms with Gasteiger partial charge in [-0.25, -0.2) is 14.7 Å². The number of hydrogen-bond donors (Lipinski definition) is 3. The lowest BCUT2D eigenvalue weighted by molar-refractivity contribution is 0.166. The van der Waals surface area contributed by atoms with Crippen LogP contribution in [0.2, 0.25) is 0 Å². The second kappa shape index (κ2) is 9.12. The van der Waals surface area contributed by atoms with Gasteiger partial charge >= 0.3 is 6.03 Å². The van der Waals surface area contributed by atoms with Crippen LogP contribution in [-0.4, -0.2) is 43.5 Å². The zero-order valence-corrected chi connectivity index (χ0v) is 15.4. The van der Waals surface area contributed by atoms with Crippen molar-refractivity contribution < 1.29 is 13.2 Å². The average molecular weight is 369 g/mol. The fourth-order valence-corrected chi connectivity index (χ4v) is 3.52. The van der Waals surface area contributed by atoms with Crippen molar-refractivity contribution in [2.45, 2.75) is 51.5 Å². The molecule has 25 heavy (non-hydrogen) atoms. The third-order valence-corrected chi connectivity index (χ3v) is 5.04. The van der Waals surface area contributed by atoms with Crippen molar-refractivity contribution >= 4 is 21.9 Å². The topological polar surface area (TPSA) is 117 Å². The lowest BCUT2D eigenvalue weighted by Crippen LogP contribution is -2.45. The highest BCUT2D eigenvalue weighted by molar-refractivity contribution is 7.87. The van der Waals surface area contributed by atoms with Crippen LogP contribution >= 0.6 is 0 Å². The number of urea groups is 1. The Balaban J connectivity index is 1.99. The van der Waals surface area contributed by atoms with Crippen molar-refractivity contribution in [3.05, 3.63) is 24.0 Å². The maximum absolute atomic E-state index is 12.8. The molecule has 0 saturated heterocycles. The van der Waals surface area contributed by atoms with E-state index >= 15 is 0 Å². The number of anilines is 1. The Hall–Kier alpha value is -1.71. The third kappa shape index (κ3) is 6.60. The lowest BCUT2D eigenvalue weighted by atomic mass is 9.94. The van der Waals surface area contributed by atoms with Gasteiger partial charge in [0.25, 0.3) is 10.2 Å². The van der Waals surface area contributed by atoms with Gasteiger partial charge in [0.05, 0.1) is 11.9 Å². The molecule has 0 unspecified atom stereocenters. The van der Waals surface area contributed by atoms with Gasteiger partial charge < -0.3 is 10.2 Å². The molecule has 1 aliphatic carbocycles. The molecule has 140 valence electrons. The molecule has 0 bridgehead atoms. The number of rotatable bonds is 7. The van der Waals surface area contributed by atoms with E-state index in [4.69, 9.17) is 5.14 Å². The van der Waals surface area contributed by atoms with E-state index in [2.05, 4.69) is 15.0 Å². The SMILES string of the molecule is Cc1ccncc1NC(=O)N(CCCNS(N)(=O)=O)C1CCCCC1. The molecule has 1 aliphatic rings. The van der Waals surface area contributed by atoms with Crippen molar-refractivity contribution in [1.29, 1.82) is 0 Å². The van der Waals surface area contributed by atoms with Crippen LogP contribution in [0.15, 0.2) is 18.5 Å². The van der Waals surface area contributed by atoms with Crippen molar-refractivity contribution in [2.24, 2.45) is 5.14 Å². The molecule has 0 spiro atoms. The maximum Gasteiger partial charge on any atom is 0.322 e. The predicted octanol–water partition coefficient (Wildman–Crippen LogP) is 1.74. The van der Waals surface area contributed by atoms with Crippen molar-refractivity contribution in [3.8, 4) is 0 Å². The molecule has 2 rings (SSSR count). The summed E-state index contributed by atoms with van der Waals surface area (Å²) in [5.41, 5.74) is 1.64. The molecule has 0 atom stereocenters. The standard InChI is InChI=1S/C16H27N5O3S/c1-13-8-10-18-12-15(13)20-16(22)21(14-6-3-2-4-7-14)11-5-9-19-25(17,23)24/h8,10,12,14,19H,2-7,9,11H2,1H3,(H,20,22)(H2,17,23,24). The molecular weight excluding hydrogens is 342 g/mol. The number of aromatic nitrogens is 1. The van der Waals surface area contributed by atoms with E-state index in [0.29, 0.717) is 18.7 Å². The van der Waals surface area contributed by atoms with Crippen LogP contribution in [0.4, 0.5) is 10.5 Å². The maximum atomic E-state index is 12.8. The van der Waals surface area contributed by atoms with Gasteiger partial charge in [0.15, 0.2) is 0 Å². The van der Waals surface area contributed by atoms with Crippen molar-refractivity contribution in [1.82, 2.24) is 14.6 Å². The number of aryl methyl sites for hydroxylation is 1.